The number of hydrogen-bond donors (Lipinski definition) is 2. The molecule has 2 rings (SSSR count). The molecule has 1 heterocycles. The van der Waals surface area contributed by atoms with E-state index in [1.807, 2.05) is 32.0 Å². The van der Waals surface area contributed by atoms with Gasteiger partial charge in [0.1, 0.15) is 5.82 Å². The lowest BCUT2D eigenvalue weighted by atomic mass is 9.95. The van der Waals surface area contributed by atoms with Crippen LogP contribution in [0.25, 0.3) is 11.1 Å². The van der Waals surface area contributed by atoms with Gasteiger partial charge in [0.15, 0.2) is 0 Å². The highest BCUT2D eigenvalue weighted by Crippen LogP contribution is 2.28. The quantitative estimate of drug-likeness (QED) is 0.848. The van der Waals surface area contributed by atoms with Crippen molar-refractivity contribution in [2.75, 3.05) is 5.73 Å². The number of hydrogen-bond acceptors (Lipinski definition) is 3. The van der Waals surface area contributed by atoms with Crippen LogP contribution in [-0.2, 0) is 0 Å². The summed E-state index contributed by atoms with van der Waals surface area (Å²) in [4.78, 5) is 15.2. The number of anilines is 1. The lowest BCUT2D eigenvalue weighted by Crippen LogP contribution is -2.03. The molecule has 0 radical (unpaired) electrons. The van der Waals surface area contributed by atoms with E-state index in [2.05, 4.69) is 4.98 Å². The van der Waals surface area contributed by atoms with E-state index in [0.717, 1.165) is 16.7 Å². The zero-order valence-electron chi connectivity index (χ0n) is 10.3. The Hall–Kier alpha value is -2.36. The number of carbonyl (C=O) groups is 1. The molecule has 0 saturated heterocycles. The Labute approximate surface area is 105 Å². The van der Waals surface area contributed by atoms with E-state index in [1.54, 1.807) is 0 Å². The largest absolute Gasteiger partial charge is 0.478 e. The van der Waals surface area contributed by atoms with Crippen molar-refractivity contribution in [1.82, 2.24) is 4.98 Å². The van der Waals surface area contributed by atoms with Gasteiger partial charge in [0, 0.05) is 11.8 Å². The minimum absolute atomic E-state index is 0.177. The Morgan fingerprint density at radius 2 is 2.00 bits per heavy atom. The summed E-state index contributed by atoms with van der Waals surface area (Å²) in [7, 11) is 0. The van der Waals surface area contributed by atoms with Crippen molar-refractivity contribution in [1.29, 1.82) is 0 Å². The third-order valence-corrected chi connectivity index (χ3v) is 3.05. The molecule has 0 bridgehead atoms. The topological polar surface area (TPSA) is 76.2 Å². The molecule has 0 aliphatic rings. The van der Waals surface area contributed by atoms with E-state index in [-0.39, 0.29) is 11.4 Å². The first-order valence-electron chi connectivity index (χ1n) is 5.56. The lowest BCUT2D eigenvalue weighted by molar-refractivity contribution is 0.0697. The van der Waals surface area contributed by atoms with Gasteiger partial charge in [-0.05, 0) is 36.6 Å². The predicted octanol–water partition coefficient (Wildman–Crippen LogP) is 2.65. The number of nitrogens with zero attached hydrogens (tertiary/aromatic N) is 1. The third-order valence-electron chi connectivity index (χ3n) is 3.05. The Morgan fingerprint density at radius 1 is 1.28 bits per heavy atom. The van der Waals surface area contributed by atoms with Gasteiger partial charge in [0.25, 0.3) is 0 Å². The number of nitrogen functional groups attached to an aromatic ring is 1. The zero-order chi connectivity index (χ0) is 13.3. The number of benzene rings is 1. The van der Waals surface area contributed by atoms with Gasteiger partial charge in [-0.2, -0.15) is 0 Å². The van der Waals surface area contributed by atoms with Crippen molar-refractivity contribution >= 4 is 11.8 Å². The van der Waals surface area contributed by atoms with Gasteiger partial charge in [-0.15, -0.1) is 0 Å². The predicted molar refractivity (Wildman–Crippen MR) is 70.5 cm³/mol. The van der Waals surface area contributed by atoms with Gasteiger partial charge in [-0.25, -0.2) is 9.78 Å². The Morgan fingerprint density at radius 3 is 2.67 bits per heavy atom. The number of nitrogens with two attached hydrogens (primary N) is 1. The number of aromatic carboxylic acids is 1. The number of rotatable bonds is 2. The van der Waals surface area contributed by atoms with Crippen LogP contribution in [0.3, 0.4) is 0 Å². The molecule has 4 nitrogen and oxygen atoms in total. The van der Waals surface area contributed by atoms with Gasteiger partial charge in [0.05, 0.1) is 5.56 Å². The smallest absolute Gasteiger partial charge is 0.336 e. The average Bonchev–Trinajstić information content (AvgIpc) is 2.33. The summed E-state index contributed by atoms with van der Waals surface area (Å²) in [5, 5.41) is 9.23. The van der Waals surface area contributed by atoms with E-state index < -0.39 is 5.97 Å². The highest BCUT2D eigenvalue weighted by atomic mass is 16.4. The fourth-order valence-electron chi connectivity index (χ4n) is 1.91. The first kappa shape index (κ1) is 12.1. The molecule has 0 atom stereocenters. The van der Waals surface area contributed by atoms with E-state index in [4.69, 9.17) is 5.73 Å². The van der Waals surface area contributed by atoms with Crippen molar-refractivity contribution in [3.63, 3.8) is 0 Å². The van der Waals surface area contributed by atoms with Crippen molar-refractivity contribution in [3.05, 3.63) is 47.2 Å². The average molecular weight is 242 g/mol. The third kappa shape index (κ3) is 2.05. The maximum absolute atomic E-state index is 11.3. The Kier molecular flexibility index (Phi) is 3.02. The summed E-state index contributed by atoms with van der Waals surface area (Å²) >= 11 is 0. The molecule has 0 aliphatic carbocycles. The van der Waals surface area contributed by atoms with E-state index in [1.165, 1.54) is 12.3 Å². The Balaban J connectivity index is 2.71. The summed E-state index contributed by atoms with van der Waals surface area (Å²) in [6, 6.07) is 7.17. The van der Waals surface area contributed by atoms with Crippen LogP contribution in [0.15, 0.2) is 30.5 Å². The summed E-state index contributed by atoms with van der Waals surface area (Å²) in [6.07, 6.45) is 1.51. The van der Waals surface area contributed by atoms with Gasteiger partial charge < -0.3 is 10.8 Å². The molecular formula is C14H14N2O2. The molecular weight excluding hydrogens is 228 g/mol. The normalized spacial score (nSPS) is 10.3. The van der Waals surface area contributed by atoms with Crippen molar-refractivity contribution in [2.24, 2.45) is 0 Å². The second kappa shape index (κ2) is 4.49. The van der Waals surface area contributed by atoms with Crippen LogP contribution in [-0.4, -0.2) is 16.1 Å². The maximum Gasteiger partial charge on any atom is 0.336 e. The number of aryl methyl sites for hydroxylation is 1. The number of pyridine rings is 1. The minimum atomic E-state index is -1.000. The van der Waals surface area contributed by atoms with Gasteiger partial charge >= 0.3 is 5.97 Å². The molecule has 0 aliphatic heterocycles. The molecule has 1 aromatic heterocycles. The molecule has 1 aromatic carbocycles. The van der Waals surface area contributed by atoms with Crippen molar-refractivity contribution in [3.8, 4) is 11.1 Å². The van der Waals surface area contributed by atoms with Crippen LogP contribution in [0.4, 0.5) is 5.82 Å². The first-order valence-corrected chi connectivity index (χ1v) is 5.56. The molecule has 0 spiro atoms. The molecule has 2 aromatic rings. The van der Waals surface area contributed by atoms with Gasteiger partial charge in [-0.3, -0.25) is 0 Å². The number of carboxylic acids is 1. The van der Waals surface area contributed by atoms with Crippen LogP contribution >= 0.6 is 0 Å². The van der Waals surface area contributed by atoms with E-state index >= 15 is 0 Å². The molecule has 0 amide bonds. The highest BCUT2D eigenvalue weighted by Gasteiger charge is 2.14. The molecule has 0 fully saturated rings. The standard InChI is InChI=1S/C14H14N2O2/c1-8-4-3-5-10(9(8)2)12-7-16-13(15)6-11(12)14(17)18/h3-7H,1-2H3,(H2,15,16)(H,17,18). The van der Waals surface area contributed by atoms with Crippen LogP contribution in [0.5, 0.6) is 0 Å². The molecule has 0 unspecified atom stereocenters. The second-order valence-corrected chi connectivity index (χ2v) is 4.21. The molecule has 4 heteroatoms. The summed E-state index contributed by atoms with van der Waals surface area (Å²) in [5.41, 5.74) is 9.34. The second-order valence-electron chi connectivity index (χ2n) is 4.21. The fourth-order valence-corrected chi connectivity index (χ4v) is 1.91. The van der Waals surface area contributed by atoms with Crippen molar-refractivity contribution < 1.29 is 9.90 Å². The molecule has 92 valence electrons. The van der Waals surface area contributed by atoms with Crippen LogP contribution < -0.4 is 5.73 Å². The van der Waals surface area contributed by atoms with Gasteiger partial charge in [0.2, 0.25) is 0 Å². The fraction of sp³-hybridized carbons (Fsp3) is 0.143. The summed E-state index contributed by atoms with van der Waals surface area (Å²) < 4.78 is 0. The molecule has 3 N–H and O–H groups in total. The van der Waals surface area contributed by atoms with Crippen LogP contribution in [0.1, 0.15) is 21.5 Å². The highest BCUT2D eigenvalue weighted by molar-refractivity contribution is 5.97. The number of carboxylic acid groups (broad SMARTS) is 1. The minimum Gasteiger partial charge on any atom is -0.478 e. The number of aromatic nitrogens is 1. The van der Waals surface area contributed by atoms with E-state index in [0.29, 0.717) is 5.56 Å². The van der Waals surface area contributed by atoms with Gasteiger partial charge in [-0.1, -0.05) is 18.2 Å². The molecule has 18 heavy (non-hydrogen) atoms. The Bertz CT molecular complexity index is 621. The van der Waals surface area contributed by atoms with Crippen LogP contribution in [0, 0.1) is 13.8 Å². The zero-order valence-corrected chi connectivity index (χ0v) is 10.3. The van der Waals surface area contributed by atoms with Crippen molar-refractivity contribution in [2.45, 2.75) is 13.8 Å². The monoisotopic (exact) mass is 242 g/mol. The SMILES string of the molecule is Cc1cccc(-c2cnc(N)cc2C(=O)O)c1C. The first-order chi connectivity index (χ1) is 8.50. The van der Waals surface area contributed by atoms with Crippen LogP contribution in [0.2, 0.25) is 0 Å². The maximum atomic E-state index is 11.3. The van der Waals surface area contributed by atoms with E-state index in [9.17, 15) is 9.90 Å². The summed E-state index contributed by atoms with van der Waals surface area (Å²) in [5.74, 6) is -0.790. The summed E-state index contributed by atoms with van der Waals surface area (Å²) in [6.45, 7) is 3.96. The molecule has 0 saturated carbocycles. The lowest BCUT2D eigenvalue weighted by Gasteiger charge is -2.11.